The Balaban J connectivity index is 2.40. The Bertz CT molecular complexity index is 335. The zero-order valence-electron chi connectivity index (χ0n) is 9.28. The van der Waals surface area contributed by atoms with E-state index in [-0.39, 0.29) is 11.8 Å². The van der Waals surface area contributed by atoms with Crippen molar-refractivity contribution in [2.24, 2.45) is 11.7 Å². The van der Waals surface area contributed by atoms with E-state index in [1.165, 1.54) is 0 Å². The van der Waals surface area contributed by atoms with Gasteiger partial charge < -0.3 is 11.1 Å². The zero-order chi connectivity index (χ0) is 11.4. The predicted octanol–water partition coefficient (Wildman–Crippen LogP) is 1.05. The topological polar surface area (TPSA) is 68.0 Å². The van der Waals surface area contributed by atoms with Crippen molar-refractivity contribution in [1.29, 1.82) is 0 Å². The molecule has 84 valence electrons. The summed E-state index contributed by atoms with van der Waals surface area (Å²) in [6, 6.07) is -0.431. The molecule has 15 heavy (non-hydrogen) atoms. The van der Waals surface area contributed by atoms with Crippen molar-refractivity contribution in [2.75, 3.05) is 0 Å². The molecule has 1 heterocycles. The van der Waals surface area contributed by atoms with E-state index < -0.39 is 6.04 Å². The van der Waals surface area contributed by atoms with Gasteiger partial charge in [0.1, 0.15) is 0 Å². The first-order valence-electron chi connectivity index (χ1n) is 4.95. The first-order valence-corrected chi connectivity index (χ1v) is 5.77. The summed E-state index contributed by atoms with van der Waals surface area (Å²) in [6.07, 6.45) is 1.78. The number of thiazole rings is 1. The SMILES string of the molecule is Cc1ncc(CNC(=O)C(N)C(C)C)s1. The van der Waals surface area contributed by atoms with Crippen LogP contribution in [0.1, 0.15) is 23.7 Å². The molecule has 0 aromatic carbocycles. The summed E-state index contributed by atoms with van der Waals surface area (Å²) in [5.74, 6) is 0.0595. The van der Waals surface area contributed by atoms with Crippen LogP contribution in [0.4, 0.5) is 0 Å². The van der Waals surface area contributed by atoms with E-state index in [4.69, 9.17) is 5.73 Å². The number of hydrogen-bond donors (Lipinski definition) is 2. The highest BCUT2D eigenvalue weighted by molar-refractivity contribution is 7.11. The number of aryl methyl sites for hydroxylation is 1. The average Bonchev–Trinajstić information content (AvgIpc) is 2.59. The normalized spacial score (nSPS) is 12.9. The first kappa shape index (κ1) is 12.1. The van der Waals surface area contributed by atoms with Crippen LogP contribution >= 0.6 is 11.3 Å². The Hall–Kier alpha value is -0.940. The number of nitrogens with one attached hydrogen (secondary N) is 1. The lowest BCUT2D eigenvalue weighted by Crippen LogP contribution is -2.43. The molecule has 1 aromatic heterocycles. The van der Waals surface area contributed by atoms with E-state index >= 15 is 0 Å². The van der Waals surface area contributed by atoms with Crippen LogP contribution in [-0.2, 0) is 11.3 Å². The van der Waals surface area contributed by atoms with Crippen LogP contribution in [0.3, 0.4) is 0 Å². The summed E-state index contributed by atoms with van der Waals surface area (Å²) >= 11 is 1.58. The van der Waals surface area contributed by atoms with Gasteiger partial charge in [0.25, 0.3) is 0 Å². The van der Waals surface area contributed by atoms with Gasteiger partial charge in [0.2, 0.25) is 5.91 Å². The van der Waals surface area contributed by atoms with Crippen molar-refractivity contribution in [2.45, 2.75) is 33.4 Å². The molecule has 0 bridgehead atoms. The van der Waals surface area contributed by atoms with E-state index in [1.54, 1.807) is 17.5 Å². The predicted molar refractivity (Wildman–Crippen MR) is 61.5 cm³/mol. The van der Waals surface area contributed by atoms with Gasteiger partial charge in [-0.3, -0.25) is 4.79 Å². The number of carbonyl (C=O) groups excluding carboxylic acids is 1. The van der Waals surface area contributed by atoms with Crippen LogP contribution in [0.2, 0.25) is 0 Å². The highest BCUT2D eigenvalue weighted by Crippen LogP contribution is 2.10. The molecule has 0 aliphatic heterocycles. The summed E-state index contributed by atoms with van der Waals surface area (Å²) in [6.45, 7) is 6.32. The molecular weight excluding hydrogens is 210 g/mol. The Labute approximate surface area is 93.9 Å². The molecule has 0 aliphatic rings. The number of carbonyl (C=O) groups is 1. The number of amides is 1. The molecule has 5 heteroatoms. The fourth-order valence-electron chi connectivity index (χ4n) is 1.08. The lowest BCUT2D eigenvalue weighted by atomic mass is 10.1. The van der Waals surface area contributed by atoms with Crippen molar-refractivity contribution in [3.63, 3.8) is 0 Å². The summed E-state index contributed by atoms with van der Waals surface area (Å²) < 4.78 is 0. The maximum absolute atomic E-state index is 11.5. The molecule has 0 aliphatic carbocycles. The summed E-state index contributed by atoms with van der Waals surface area (Å²) in [4.78, 5) is 16.7. The molecule has 0 saturated heterocycles. The molecule has 4 nitrogen and oxygen atoms in total. The second-order valence-corrected chi connectivity index (χ2v) is 5.15. The van der Waals surface area contributed by atoms with Crippen molar-refractivity contribution in [1.82, 2.24) is 10.3 Å². The first-order chi connectivity index (χ1) is 7.00. The number of rotatable bonds is 4. The highest BCUT2D eigenvalue weighted by atomic mass is 32.1. The fourth-order valence-corrected chi connectivity index (χ4v) is 1.82. The number of aromatic nitrogens is 1. The third kappa shape index (κ3) is 3.60. The van der Waals surface area contributed by atoms with Crippen LogP contribution < -0.4 is 11.1 Å². The van der Waals surface area contributed by atoms with Crippen LogP contribution in [0.25, 0.3) is 0 Å². The molecule has 1 aromatic rings. The minimum Gasteiger partial charge on any atom is -0.350 e. The third-order valence-electron chi connectivity index (χ3n) is 2.13. The van der Waals surface area contributed by atoms with Gasteiger partial charge in [-0.25, -0.2) is 4.98 Å². The minimum absolute atomic E-state index is 0.101. The standard InChI is InChI=1S/C10H17N3OS/c1-6(2)9(11)10(14)13-5-8-4-12-7(3)15-8/h4,6,9H,5,11H2,1-3H3,(H,13,14). The van der Waals surface area contributed by atoms with E-state index in [1.807, 2.05) is 20.8 Å². The van der Waals surface area contributed by atoms with E-state index in [2.05, 4.69) is 10.3 Å². The maximum atomic E-state index is 11.5. The number of nitrogens with zero attached hydrogens (tertiary/aromatic N) is 1. The molecule has 1 unspecified atom stereocenters. The van der Waals surface area contributed by atoms with Crippen LogP contribution in [-0.4, -0.2) is 16.9 Å². The second-order valence-electron chi connectivity index (χ2n) is 3.83. The molecule has 0 fully saturated rings. The maximum Gasteiger partial charge on any atom is 0.237 e. The Kier molecular flexibility index (Phi) is 4.23. The summed E-state index contributed by atoms with van der Waals surface area (Å²) in [5.41, 5.74) is 5.71. The quantitative estimate of drug-likeness (QED) is 0.808. The molecule has 3 N–H and O–H groups in total. The largest absolute Gasteiger partial charge is 0.350 e. The molecular formula is C10H17N3OS. The van der Waals surface area contributed by atoms with Gasteiger partial charge in [0, 0.05) is 11.1 Å². The van der Waals surface area contributed by atoms with E-state index in [0.717, 1.165) is 9.88 Å². The van der Waals surface area contributed by atoms with E-state index in [9.17, 15) is 4.79 Å². The van der Waals surface area contributed by atoms with Gasteiger partial charge in [-0.15, -0.1) is 11.3 Å². The van der Waals surface area contributed by atoms with Crippen LogP contribution in [0, 0.1) is 12.8 Å². The lowest BCUT2D eigenvalue weighted by molar-refractivity contribution is -0.123. The van der Waals surface area contributed by atoms with Gasteiger partial charge >= 0.3 is 0 Å². The highest BCUT2D eigenvalue weighted by Gasteiger charge is 2.16. The fraction of sp³-hybridized carbons (Fsp3) is 0.600. The molecule has 1 atom stereocenters. The van der Waals surface area contributed by atoms with Crippen molar-refractivity contribution < 1.29 is 4.79 Å². The Morgan fingerprint density at radius 2 is 2.33 bits per heavy atom. The van der Waals surface area contributed by atoms with Crippen molar-refractivity contribution in [3.8, 4) is 0 Å². The molecule has 1 amide bonds. The monoisotopic (exact) mass is 227 g/mol. The smallest absolute Gasteiger partial charge is 0.237 e. The Morgan fingerprint density at radius 1 is 1.67 bits per heavy atom. The van der Waals surface area contributed by atoms with Gasteiger partial charge in [0.05, 0.1) is 17.6 Å². The summed E-state index contributed by atoms with van der Waals surface area (Å²) in [7, 11) is 0. The molecule has 0 spiro atoms. The number of nitrogens with two attached hydrogens (primary N) is 1. The second kappa shape index (κ2) is 5.23. The van der Waals surface area contributed by atoms with Gasteiger partial charge in [-0.05, 0) is 12.8 Å². The van der Waals surface area contributed by atoms with Gasteiger partial charge in [0.15, 0.2) is 0 Å². The average molecular weight is 227 g/mol. The summed E-state index contributed by atoms with van der Waals surface area (Å²) in [5, 5.41) is 3.81. The molecule has 1 rings (SSSR count). The molecule has 0 saturated carbocycles. The van der Waals surface area contributed by atoms with Crippen molar-refractivity contribution >= 4 is 17.2 Å². The lowest BCUT2D eigenvalue weighted by Gasteiger charge is -2.14. The number of hydrogen-bond acceptors (Lipinski definition) is 4. The van der Waals surface area contributed by atoms with Gasteiger partial charge in [-0.1, -0.05) is 13.8 Å². The zero-order valence-corrected chi connectivity index (χ0v) is 10.1. The van der Waals surface area contributed by atoms with Crippen molar-refractivity contribution in [3.05, 3.63) is 16.1 Å². The molecule has 0 radical (unpaired) electrons. The van der Waals surface area contributed by atoms with Gasteiger partial charge in [-0.2, -0.15) is 0 Å². The minimum atomic E-state index is -0.431. The van der Waals surface area contributed by atoms with Crippen LogP contribution in [0.5, 0.6) is 0 Å². The van der Waals surface area contributed by atoms with Crippen LogP contribution in [0.15, 0.2) is 6.20 Å². The van der Waals surface area contributed by atoms with E-state index in [0.29, 0.717) is 6.54 Å². The third-order valence-corrected chi connectivity index (χ3v) is 3.04. The Morgan fingerprint density at radius 3 is 2.80 bits per heavy atom.